The summed E-state index contributed by atoms with van der Waals surface area (Å²) in [5, 5.41) is 3.12. The number of nitrogens with one attached hydrogen (secondary N) is 2. The molecule has 138 valence electrons. The Balaban J connectivity index is 1.77. The Labute approximate surface area is 156 Å². The summed E-state index contributed by atoms with van der Waals surface area (Å²) in [6, 6.07) is 14.7. The Morgan fingerprint density at radius 1 is 1.11 bits per heavy atom. The second-order valence-electron chi connectivity index (χ2n) is 6.05. The van der Waals surface area contributed by atoms with Gasteiger partial charge in [0.2, 0.25) is 11.3 Å². The topological polar surface area (TPSA) is 88.3 Å². The van der Waals surface area contributed by atoms with Gasteiger partial charge in [-0.1, -0.05) is 30.3 Å². The Kier molecular flexibility index (Phi) is 5.66. The third kappa shape index (κ3) is 4.41. The van der Waals surface area contributed by atoms with E-state index in [9.17, 15) is 14.4 Å². The Hall–Kier alpha value is -3.41. The zero-order valence-electron chi connectivity index (χ0n) is 15.0. The van der Waals surface area contributed by atoms with Crippen LogP contribution < -0.4 is 10.7 Å². The van der Waals surface area contributed by atoms with Gasteiger partial charge < -0.3 is 15.0 Å². The number of benzene rings is 2. The van der Waals surface area contributed by atoms with Crippen LogP contribution in [0.4, 0.5) is 5.69 Å². The van der Waals surface area contributed by atoms with E-state index in [0.717, 1.165) is 5.56 Å². The first-order valence-electron chi connectivity index (χ1n) is 8.75. The molecule has 0 aliphatic rings. The molecule has 27 heavy (non-hydrogen) atoms. The number of amides is 1. The van der Waals surface area contributed by atoms with Crippen LogP contribution in [0.15, 0.2) is 59.5 Å². The largest absolute Gasteiger partial charge is 0.462 e. The van der Waals surface area contributed by atoms with E-state index in [-0.39, 0.29) is 18.1 Å². The predicted molar refractivity (Wildman–Crippen MR) is 104 cm³/mol. The van der Waals surface area contributed by atoms with Gasteiger partial charge in [0.25, 0.3) is 0 Å². The zero-order valence-corrected chi connectivity index (χ0v) is 15.0. The van der Waals surface area contributed by atoms with Crippen LogP contribution in [0.1, 0.15) is 29.3 Å². The molecule has 0 atom stereocenters. The average Bonchev–Trinajstić information content (AvgIpc) is 2.68. The summed E-state index contributed by atoms with van der Waals surface area (Å²) in [6.45, 7) is 1.87. The van der Waals surface area contributed by atoms with Crippen LogP contribution in [-0.2, 0) is 16.0 Å². The summed E-state index contributed by atoms with van der Waals surface area (Å²) in [7, 11) is 0. The molecule has 0 bridgehead atoms. The van der Waals surface area contributed by atoms with Gasteiger partial charge in [-0.15, -0.1) is 0 Å². The van der Waals surface area contributed by atoms with Gasteiger partial charge in [-0.2, -0.15) is 0 Å². The number of pyridine rings is 1. The van der Waals surface area contributed by atoms with Crippen molar-refractivity contribution >= 4 is 28.5 Å². The fourth-order valence-electron chi connectivity index (χ4n) is 2.78. The number of aromatic amines is 1. The maximum Gasteiger partial charge on any atom is 0.343 e. The summed E-state index contributed by atoms with van der Waals surface area (Å²) in [4.78, 5) is 39.5. The molecule has 0 saturated heterocycles. The second kappa shape index (κ2) is 8.31. The minimum atomic E-state index is -0.669. The number of aromatic nitrogens is 1. The highest BCUT2D eigenvalue weighted by Crippen LogP contribution is 2.16. The molecule has 2 aromatic carbocycles. The first kappa shape index (κ1) is 18.4. The summed E-state index contributed by atoms with van der Waals surface area (Å²) in [5.74, 6) is -0.811. The van der Waals surface area contributed by atoms with Crippen molar-refractivity contribution in [2.45, 2.75) is 19.8 Å². The summed E-state index contributed by atoms with van der Waals surface area (Å²) in [6.07, 6.45) is 2.32. The number of anilines is 1. The van der Waals surface area contributed by atoms with Crippen molar-refractivity contribution in [3.8, 4) is 0 Å². The van der Waals surface area contributed by atoms with Crippen LogP contribution in [0.2, 0.25) is 0 Å². The van der Waals surface area contributed by atoms with Crippen molar-refractivity contribution in [3.05, 3.63) is 76.1 Å². The molecule has 1 amide bonds. The molecule has 6 heteroatoms. The van der Waals surface area contributed by atoms with Gasteiger partial charge in [-0.25, -0.2) is 4.79 Å². The van der Waals surface area contributed by atoms with E-state index in [1.165, 1.54) is 6.20 Å². The van der Waals surface area contributed by atoms with Crippen LogP contribution in [0, 0.1) is 0 Å². The highest BCUT2D eigenvalue weighted by atomic mass is 16.5. The van der Waals surface area contributed by atoms with Crippen LogP contribution in [0.5, 0.6) is 0 Å². The lowest BCUT2D eigenvalue weighted by Gasteiger charge is -2.08. The molecule has 0 fully saturated rings. The van der Waals surface area contributed by atoms with E-state index in [4.69, 9.17) is 4.74 Å². The molecule has 3 aromatic rings. The van der Waals surface area contributed by atoms with Gasteiger partial charge in [0.15, 0.2) is 0 Å². The molecule has 0 aliphatic heterocycles. The molecule has 0 radical (unpaired) electrons. The van der Waals surface area contributed by atoms with E-state index in [1.54, 1.807) is 25.1 Å². The van der Waals surface area contributed by atoms with Gasteiger partial charge in [-0.3, -0.25) is 9.59 Å². The van der Waals surface area contributed by atoms with Crippen molar-refractivity contribution < 1.29 is 14.3 Å². The summed E-state index contributed by atoms with van der Waals surface area (Å²) in [5.41, 5.74) is 1.68. The molecule has 0 spiro atoms. The average molecular weight is 364 g/mol. The number of carbonyl (C=O) groups is 2. The SMILES string of the molecule is CCOC(=O)c1c[nH]c2ccc(NC(=O)CCc3ccccc3)cc2c1=O. The van der Waals surface area contributed by atoms with Crippen LogP contribution in [0.25, 0.3) is 10.9 Å². The lowest BCUT2D eigenvalue weighted by Crippen LogP contribution is -2.18. The quantitative estimate of drug-likeness (QED) is 0.657. The lowest BCUT2D eigenvalue weighted by atomic mass is 10.1. The summed E-state index contributed by atoms with van der Waals surface area (Å²) < 4.78 is 4.90. The fourth-order valence-corrected chi connectivity index (χ4v) is 2.78. The number of H-pyrrole nitrogens is 1. The standard InChI is InChI=1S/C21H20N2O4/c1-2-27-21(26)17-13-22-18-10-9-15(12-16(18)20(17)25)23-19(24)11-8-14-6-4-3-5-7-14/h3-7,9-10,12-13H,2,8,11H2,1H3,(H,22,25)(H,23,24). The maximum atomic E-state index is 12.6. The third-order valence-corrected chi connectivity index (χ3v) is 4.14. The van der Waals surface area contributed by atoms with E-state index in [2.05, 4.69) is 10.3 Å². The van der Waals surface area contributed by atoms with E-state index in [0.29, 0.717) is 29.4 Å². The van der Waals surface area contributed by atoms with Crippen LogP contribution >= 0.6 is 0 Å². The van der Waals surface area contributed by atoms with E-state index >= 15 is 0 Å². The lowest BCUT2D eigenvalue weighted by molar-refractivity contribution is -0.116. The smallest absolute Gasteiger partial charge is 0.343 e. The van der Waals surface area contributed by atoms with Crippen LogP contribution in [0.3, 0.4) is 0 Å². The second-order valence-corrected chi connectivity index (χ2v) is 6.05. The maximum absolute atomic E-state index is 12.6. The molecule has 0 unspecified atom stereocenters. The minimum absolute atomic E-state index is 0.0584. The molecule has 6 nitrogen and oxygen atoms in total. The van der Waals surface area contributed by atoms with Crippen molar-refractivity contribution in [1.82, 2.24) is 4.98 Å². The third-order valence-electron chi connectivity index (χ3n) is 4.14. The monoisotopic (exact) mass is 364 g/mol. The molecular formula is C21H20N2O4. The molecule has 1 aromatic heterocycles. The van der Waals surface area contributed by atoms with Gasteiger partial charge in [0.1, 0.15) is 5.56 Å². The Morgan fingerprint density at radius 3 is 2.63 bits per heavy atom. The first-order valence-corrected chi connectivity index (χ1v) is 8.75. The number of carbonyl (C=O) groups excluding carboxylic acids is 2. The van der Waals surface area contributed by atoms with E-state index < -0.39 is 11.4 Å². The molecular weight excluding hydrogens is 344 g/mol. The van der Waals surface area contributed by atoms with E-state index in [1.807, 2.05) is 30.3 Å². The summed E-state index contributed by atoms with van der Waals surface area (Å²) >= 11 is 0. The number of rotatable bonds is 6. The van der Waals surface area contributed by atoms with Crippen molar-refractivity contribution in [2.24, 2.45) is 0 Å². The molecule has 2 N–H and O–H groups in total. The van der Waals surface area contributed by atoms with Crippen LogP contribution in [-0.4, -0.2) is 23.5 Å². The Bertz CT molecular complexity index is 1030. The van der Waals surface area contributed by atoms with Crippen molar-refractivity contribution in [3.63, 3.8) is 0 Å². The number of fused-ring (bicyclic) bond motifs is 1. The van der Waals surface area contributed by atoms with Gasteiger partial charge in [0.05, 0.1) is 6.61 Å². The highest BCUT2D eigenvalue weighted by Gasteiger charge is 2.14. The Morgan fingerprint density at radius 2 is 1.89 bits per heavy atom. The number of hydrogen-bond acceptors (Lipinski definition) is 4. The number of hydrogen-bond donors (Lipinski definition) is 2. The fraction of sp³-hybridized carbons (Fsp3) is 0.190. The normalized spacial score (nSPS) is 10.6. The molecule has 0 aliphatic carbocycles. The predicted octanol–water partition coefficient (Wildman–Crippen LogP) is 3.28. The minimum Gasteiger partial charge on any atom is -0.462 e. The number of ether oxygens (including phenoxy) is 1. The molecule has 0 saturated carbocycles. The van der Waals surface area contributed by atoms with Gasteiger partial charge >= 0.3 is 5.97 Å². The zero-order chi connectivity index (χ0) is 19.2. The van der Waals surface area contributed by atoms with Gasteiger partial charge in [0, 0.05) is 29.2 Å². The first-order chi connectivity index (χ1) is 13.1. The highest BCUT2D eigenvalue weighted by molar-refractivity contribution is 5.96. The molecule has 3 rings (SSSR count). The van der Waals surface area contributed by atoms with Crippen molar-refractivity contribution in [2.75, 3.05) is 11.9 Å². The van der Waals surface area contributed by atoms with Gasteiger partial charge in [-0.05, 0) is 37.1 Å². The number of esters is 1. The molecule has 1 heterocycles. The van der Waals surface area contributed by atoms with Crippen molar-refractivity contribution in [1.29, 1.82) is 0 Å². The number of aryl methyl sites for hydroxylation is 1.